The van der Waals surface area contributed by atoms with Crippen molar-refractivity contribution in [3.05, 3.63) is 66.9 Å². The molecule has 3 heteroatoms. The Hall–Kier alpha value is -2.91. The van der Waals surface area contributed by atoms with E-state index in [1.807, 2.05) is 23.6 Å². The number of nitrogens with zero attached hydrogens (tertiary/aromatic N) is 1. The van der Waals surface area contributed by atoms with Crippen LogP contribution in [-0.2, 0) is 0 Å². The van der Waals surface area contributed by atoms with Crippen molar-refractivity contribution >= 4 is 64.2 Å². The Kier molecular flexibility index (Phi) is 2.26. The molecule has 0 saturated carbocycles. The van der Waals surface area contributed by atoms with Gasteiger partial charge in [0.25, 0.3) is 0 Å². The SMILES string of the molecule is c1ccc2c(c1)[nH]c1c3sc4ccccc4c3c3ncccc3c21. The van der Waals surface area contributed by atoms with Crippen molar-refractivity contribution in [1.29, 1.82) is 0 Å². The molecule has 6 aromatic rings. The molecule has 0 aliphatic heterocycles. The molecule has 3 heterocycles. The van der Waals surface area contributed by atoms with Crippen LogP contribution < -0.4 is 0 Å². The molecule has 0 fully saturated rings. The first-order valence-corrected chi connectivity index (χ1v) is 8.82. The number of H-pyrrole nitrogens is 1. The van der Waals surface area contributed by atoms with Crippen molar-refractivity contribution in [1.82, 2.24) is 9.97 Å². The van der Waals surface area contributed by atoms with Gasteiger partial charge in [-0.2, -0.15) is 0 Å². The van der Waals surface area contributed by atoms with Crippen molar-refractivity contribution in [3.63, 3.8) is 0 Å². The van der Waals surface area contributed by atoms with E-state index in [9.17, 15) is 0 Å². The van der Waals surface area contributed by atoms with Crippen molar-refractivity contribution < 1.29 is 0 Å². The summed E-state index contributed by atoms with van der Waals surface area (Å²) < 4.78 is 2.61. The Bertz CT molecular complexity index is 1300. The number of fused-ring (bicyclic) bond motifs is 10. The molecule has 0 unspecified atom stereocenters. The molecule has 112 valence electrons. The Balaban J connectivity index is 2.07. The molecule has 24 heavy (non-hydrogen) atoms. The molecule has 0 atom stereocenters. The number of para-hydroxylation sites is 1. The van der Waals surface area contributed by atoms with Crippen molar-refractivity contribution in [2.24, 2.45) is 0 Å². The molecular weight excluding hydrogens is 312 g/mol. The van der Waals surface area contributed by atoms with Gasteiger partial charge in [0, 0.05) is 43.3 Å². The van der Waals surface area contributed by atoms with Crippen LogP contribution in [0, 0.1) is 0 Å². The lowest BCUT2D eigenvalue weighted by molar-refractivity contribution is 1.43. The maximum absolute atomic E-state index is 4.76. The Morgan fingerprint density at radius 2 is 1.54 bits per heavy atom. The molecule has 0 radical (unpaired) electrons. The fourth-order valence-electron chi connectivity index (χ4n) is 3.85. The van der Waals surface area contributed by atoms with Crippen LogP contribution >= 0.6 is 11.3 Å². The number of aromatic nitrogens is 2. The summed E-state index contributed by atoms with van der Waals surface area (Å²) in [5.41, 5.74) is 3.51. The Morgan fingerprint density at radius 3 is 2.50 bits per heavy atom. The highest BCUT2D eigenvalue weighted by atomic mass is 32.1. The number of aromatic amines is 1. The van der Waals surface area contributed by atoms with E-state index in [0.717, 1.165) is 5.52 Å². The number of hydrogen-bond donors (Lipinski definition) is 1. The number of rotatable bonds is 0. The molecule has 0 aliphatic rings. The topological polar surface area (TPSA) is 28.7 Å². The highest BCUT2D eigenvalue weighted by molar-refractivity contribution is 7.26. The highest BCUT2D eigenvalue weighted by Gasteiger charge is 2.17. The van der Waals surface area contributed by atoms with E-state index in [2.05, 4.69) is 59.6 Å². The molecular formula is C21H12N2S. The summed E-state index contributed by atoms with van der Waals surface area (Å²) in [7, 11) is 0. The quantitative estimate of drug-likeness (QED) is 0.352. The minimum absolute atomic E-state index is 1.10. The lowest BCUT2D eigenvalue weighted by Crippen LogP contribution is -1.81. The molecule has 3 aromatic heterocycles. The second-order valence-corrected chi connectivity index (χ2v) is 7.17. The van der Waals surface area contributed by atoms with Gasteiger partial charge in [-0.05, 0) is 18.2 Å². The Labute approximate surface area is 141 Å². The van der Waals surface area contributed by atoms with Crippen LogP contribution in [0.2, 0.25) is 0 Å². The van der Waals surface area contributed by atoms with Gasteiger partial charge < -0.3 is 4.98 Å². The van der Waals surface area contributed by atoms with Crippen LogP contribution in [0.1, 0.15) is 0 Å². The lowest BCUT2D eigenvalue weighted by atomic mass is 10.0. The predicted octanol–water partition coefficient (Wildman–Crippen LogP) is 6.24. The van der Waals surface area contributed by atoms with Gasteiger partial charge in [0.15, 0.2) is 0 Å². The monoisotopic (exact) mass is 324 g/mol. The first kappa shape index (κ1) is 12.5. The van der Waals surface area contributed by atoms with Gasteiger partial charge in [0.05, 0.1) is 15.7 Å². The molecule has 0 spiro atoms. The molecule has 2 nitrogen and oxygen atoms in total. The number of nitrogens with one attached hydrogen (secondary N) is 1. The van der Waals surface area contributed by atoms with Crippen LogP contribution in [0.15, 0.2) is 66.9 Å². The average molecular weight is 324 g/mol. The molecule has 0 amide bonds. The van der Waals surface area contributed by atoms with Gasteiger partial charge in [-0.1, -0.05) is 42.5 Å². The fraction of sp³-hybridized carbons (Fsp3) is 0. The van der Waals surface area contributed by atoms with Gasteiger partial charge in [-0.15, -0.1) is 11.3 Å². The molecule has 3 aromatic carbocycles. The lowest BCUT2D eigenvalue weighted by Gasteiger charge is -2.03. The minimum Gasteiger partial charge on any atom is -0.353 e. The Morgan fingerprint density at radius 1 is 0.750 bits per heavy atom. The van der Waals surface area contributed by atoms with E-state index in [1.54, 1.807) is 0 Å². The third-order valence-corrected chi connectivity index (χ3v) is 6.03. The van der Waals surface area contributed by atoms with Gasteiger partial charge in [0.1, 0.15) is 0 Å². The summed E-state index contributed by atoms with van der Waals surface area (Å²) in [6.45, 7) is 0. The molecule has 0 aliphatic carbocycles. The number of pyridine rings is 1. The van der Waals surface area contributed by atoms with Crippen molar-refractivity contribution in [2.45, 2.75) is 0 Å². The average Bonchev–Trinajstić information content (AvgIpc) is 3.21. The van der Waals surface area contributed by atoms with Crippen LogP contribution in [0.4, 0.5) is 0 Å². The summed E-state index contributed by atoms with van der Waals surface area (Å²) in [5.74, 6) is 0. The second kappa shape index (κ2) is 4.34. The maximum atomic E-state index is 4.76. The zero-order valence-corrected chi connectivity index (χ0v) is 13.5. The largest absolute Gasteiger partial charge is 0.353 e. The smallest absolute Gasteiger partial charge is 0.0802 e. The predicted molar refractivity (Wildman–Crippen MR) is 104 cm³/mol. The summed E-state index contributed by atoms with van der Waals surface area (Å²) in [6, 6.07) is 21.4. The first-order valence-electron chi connectivity index (χ1n) is 8.00. The van der Waals surface area contributed by atoms with Crippen LogP contribution in [0.3, 0.4) is 0 Å². The summed E-state index contributed by atoms with van der Waals surface area (Å²) in [6.07, 6.45) is 1.90. The maximum Gasteiger partial charge on any atom is 0.0802 e. The van der Waals surface area contributed by atoms with Crippen LogP contribution in [0.25, 0.3) is 52.9 Å². The number of benzene rings is 3. The summed E-state index contributed by atoms with van der Waals surface area (Å²) in [5, 5.41) is 6.34. The van der Waals surface area contributed by atoms with Gasteiger partial charge in [-0.25, -0.2) is 0 Å². The van der Waals surface area contributed by atoms with Crippen LogP contribution in [0.5, 0.6) is 0 Å². The fourth-order valence-corrected chi connectivity index (χ4v) is 5.07. The zero-order valence-electron chi connectivity index (χ0n) is 12.7. The third-order valence-electron chi connectivity index (χ3n) is 4.84. The van der Waals surface area contributed by atoms with E-state index in [4.69, 9.17) is 4.98 Å². The van der Waals surface area contributed by atoms with E-state index >= 15 is 0 Å². The van der Waals surface area contributed by atoms with E-state index in [1.165, 1.54) is 47.4 Å². The third kappa shape index (κ3) is 1.43. The molecule has 0 bridgehead atoms. The minimum atomic E-state index is 1.10. The van der Waals surface area contributed by atoms with E-state index < -0.39 is 0 Å². The highest BCUT2D eigenvalue weighted by Crippen LogP contribution is 2.44. The number of hydrogen-bond acceptors (Lipinski definition) is 2. The first-order chi connectivity index (χ1) is 11.9. The molecule has 0 saturated heterocycles. The zero-order chi connectivity index (χ0) is 15.7. The normalized spacial score (nSPS) is 12.2. The summed E-state index contributed by atoms with van der Waals surface area (Å²) >= 11 is 1.85. The molecule has 6 rings (SSSR count). The van der Waals surface area contributed by atoms with Crippen LogP contribution in [-0.4, -0.2) is 9.97 Å². The molecule has 1 N–H and O–H groups in total. The van der Waals surface area contributed by atoms with Crippen molar-refractivity contribution in [2.75, 3.05) is 0 Å². The standard InChI is InChI=1S/C21H12N2S/c1-3-9-15-12(6-1)17-14-8-5-11-22-19(14)18-13-7-2-4-10-16(13)24-21(18)20(17)23-15/h1-11,23H. The van der Waals surface area contributed by atoms with Gasteiger partial charge in [-0.3, -0.25) is 4.98 Å². The van der Waals surface area contributed by atoms with E-state index in [-0.39, 0.29) is 0 Å². The second-order valence-electron chi connectivity index (χ2n) is 6.12. The van der Waals surface area contributed by atoms with Crippen molar-refractivity contribution in [3.8, 4) is 0 Å². The van der Waals surface area contributed by atoms with Gasteiger partial charge >= 0.3 is 0 Å². The number of thiophene rings is 1. The van der Waals surface area contributed by atoms with E-state index in [0.29, 0.717) is 0 Å². The van der Waals surface area contributed by atoms with Gasteiger partial charge in [0.2, 0.25) is 0 Å². The summed E-state index contributed by atoms with van der Waals surface area (Å²) in [4.78, 5) is 8.42.